The van der Waals surface area contributed by atoms with E-state index in [0.29, 0.717) is 5.75 Å². The van der Waals surface area contributed by atoms with Crippen molar-refractivity contribution in [3.05, 3.63) is 29.8 Å². The van der Waals surface area contributed by atoms with Crippen LogP contribution in [0.2, 0.25) is 0 Å². The fraction of sp³-hybridized carbons (Fsp3) is 0.462. The van der Waals surface area contributed by atoms with Gasteiger partial charge in [-0.2, -0.15) is 0 Å². The number of rotatable bonds is 3. The van der Waals surface area contributed by atoms with Gasteiger partial charge in [-0.25, -0.2) is 8.42 Å². The van der Waals surface area contributed by atoms with Crippen molar-refractivity contribution < 1.29 is 22.2 Å². The van der Waals surface area contributed by atoms with Crippen LogP contribution in [0.1, 0.15) is 11.6 Å². The fourth-order valence-corrected chi connectivity index (χ4v) is 4.23. The molecule has 2 rings (SSSR count). The third-order valence-electron chi connectivity index (χ3n) is 3.30. The molecule has 1 aliphatic heterocycles. The van der Waals surface area contributed by atoms with E-state index < -0.39 is 32.6 Å². The van der Waals surface area contributed by atoms with Gasteiger partial charge in [-0.3, -0.25) is 14.3 Å². The summed E-state index contributed by atoms with van der Waals surface area (Å²) >= 11 is 0. The number of sulfone groups is 1. The lowest BCUT2D eigenvalue weighted by Crippen LogP contribution is -2.49. The first-order valence-corrected chi connectivity index (χ1v) is 9.68. The number of hydrogen-bond acceptors (Lipinski definition) is 6. The van der Waals surface area contributed by atoms with Crippen LogP contribution in [-0.2, 0) is 30.2 Å². The second kappa shape index (κ2) is 6.25. The van der Waals surface area contributed by atoms with Crippen LogP contribution in [-0.4, -0.2) is 49.5 Å². The van der Waals surface area contributed by atoms with Gasteiger partial charge in [0.15, 0.2) is 9.84 Å². The van der Waals surface area contributed by atoms with Crippen molar-refractivity contribution in [1.82, 2.24) is 5.32 Å². The summed E-state index contributed by atoms with van der Waals surface area (Å²) < 4.78 is 39.4. The first-order chi connectivity index (χ1) is 9.81. The van der Waals surface area contributed by atoms with Crippen molar-refractivity contribution in [2.45, 2.75) is 17.0 Å². The standard InChI is InChI=1S/C13H17NO5S2/c1-19-13(15)12-8-20(16)7-11(14-12)9-3-5-10(6-4-9)21(2,17)18/h3-6,11-12,14H,7-8H2,1-2H3. The van der Waals surface area contributed by atoms with Gasteiger partial charge in [0.25, 0.3) is 0 Å². The molecule has 1 fully saturated rings. The van der Waals surface area contributed by atoms with Gasteiger partial charge in [-0.15, -0.1) is 0 Å². The van der Waals surface area contributed by atoms with E-state index in [1.807, 2.05) is 0 Å². The van der Waals surface area contributed by atoms with Gasteiger partial charge in [0.1, 0.15) is 6.04 Å². The van der Waals surface area contributed by atoms with Gasteiger partial charge in [-0.05, 0) is 17.7 Å². The van der Waals surface area contributed by atoms with Crippen molar-refractivity contribution >= 4 is 26.6 Å². The predicted molar refractivity (Wildman–Crippen MR) is 79.1 cm³/mol. The lowest BCUT2D eigenvalue weighted by molar-refractivity contribution is -0.142. The highest BCUT2D eigenvalue weighted by molar-refractivity contribution is 7.90. The summed E-state index contributed by atoms with van der Waals surface area (Å²) in [5.41, 5.74) is 0.796. The number of hydrogen-bond donors (Lipinski definition) is 1. The smallest absolute Gasteiger partial charge is 0.323 e. The third-order valence-corrected chi connectivity index (χ3v) is 5.84. The average Bonchev–Trinajstić information content (AvgIpc) is 2.45. The minimum atomic E-state index is -3.24. The molecule has 116 valence electrons. The summed E-state index contributed by atoms with van der Waals surface area (Å²) in [7, 11) is -3.08. The molecule has 8 heteroatoms. The molecule has 1 aromatic carbocycles. The highest BCUT2D eigenvalue weighted by Gasteiger charge is 2.31. The second-order valence-corrected chi connectivity index (χ2v) is 8.47. The van der Waals surface area contributed by atoms with E-state index in [4.69, 9.17) is 0 Å². The summed E-state index contributed by atoms with van der Waals surface area (Å²) in [4.78, 5) is 11.8. The molecule has 1 saturated heterocycles. The van der Waals surface area contributed by atoms with Crippen LogP contribution < -0.4 is 5.32 Å². The molecule has 0 aliphatic carbocycles. The molecule has 1 heterocycles. The largest absolute Gasteiger partial charge is 0.468 e. The van der Waals surface area contributed by atoms with Crippen molar-refractivity contribution in [2.24, 2.45) is 0 Å². The van der Waals surface area contributed by atoms with Gasteiger partial charge in [0.2, 0.25) is 0 Å². The first-order valence-electron chi connectivity index (χ1n) is 6.30. The van der Waals surface area contributed by atoms with Gasteiger partial charge in [0, 0.05) is 34.6 Å². The van der Waals surface area contributed by atoms with Crippen molar-refractivity contribution in [3.63, 3.8) is 0 Å². The lowest BCUT2D eigenvalue weighted by Gasteiger charge is -2.29. The van der Waals surface area contributed by atoms with Gasteiger partial charge >= 0.3 is 5.97 Å². The van der Waals surface area contributed by atoms with Gasteiger partial charge in [0.05, 0.1) is 12.0 Å². The number of carbonyl (C=O) groups excluding carboxylic acids is 1. The molecule has 0 saturated carbocycles. The van der Waals surface area contributed by atoms with Gasteiger partial charge < -0.3 is 4.74 Å². The number of esters is 1. The Balaban J connectivity index is 2.21. The normalized spacial score (nSPS) is 26.3. The lowest BCUT2D eigenvalue weighted by atomic mass is 10.1. The zero-order chi connectivity index (χ0) is 15.6. The average molecular weight is 331 g/mol. The minimum absolute atomic E-state index is 0.227. The van der Waals surface area contributed by atoms with E-state index >= 15 is 0 Å². The fourth-order valence-electron chi connectivity index (χ4n) is 2.20. The third kappa shape index (κ3) is 3.90. The molecule has 0 bridgehead atoms. The Labute approximate surface area is 126 Å². The number of ether oxygens (including phenoxy) is 1. The number of nitrogens with one attached hydrogen (secondary N) is 1. The molecule has 6 nitrogen and oxygen atoms in total. The molecular formula is C13H17NO5S2. The quantitative estimate of drug-likeness (QED) is 0.786. The summed E-state index contributed by atoms with van der Waals surface area (Å²) in [6.07, 6.45) is 1.14. The zero-order valence-corrected chi connectivity index (χ0v) is 13.4. The summed E-state index contributed by atoms with van der Waals surface area (Å²) in [5, 5.41) is 3.09. The molecule has 0 spiro atoms. The van der Waals surface area contributed by atoms with E-state index in [9.17, 15) is 17.4 Å². The Morgan fingerprint density at radius 2 is 1.90 bits per heavy atom. The van der Waals surface area contributed by atoms with Gasteiger partial charge in [-0.1, -0.05) is 12.1 Å². The molecule has 1 aliphatic rings. The number of carbonyl (C=O) groups is 1. The number of benzene rings is 1. The minimum Gasteiger partial charge on any atom is -0.468 e. The maximum absolute atomic E-state index is 11.9. The van der Waals surface area contributed by atoms with Crippen LogP contribution in [0.15, 0.2) is 29.2 Å². The molecular weight excluding hydrogens is 314 g/mol. The maximum atomic E-state index is 11.9. The zero-order valence-electron chi connectivity index (χ0n) is 11.7. The van der Waals surface area contributed by atoms with E-state index in [-0.39, 0.29) is 16.7 Å². The topological polar surface area (TPSA) is 89.5 Å². The van der Waals surface area contributed by atoms with E-state index in [1.54, 1.807) is 12.1 Å². The van der Waals surface area contributed by atoms with Crippen LogP contribution in [0.5, 0.6) is 0 Å². The predicted octanol–water partition coefficient (Wildman–Crippen LogP) is 0.0247. The first kappa shape index (κ1) is 16.1. The number of methoxy groups -OCH3 is 1. The Morgan fingerprint density at radius 3 is 2.43 bits per heavy atom. The Morgan fingerprint density at radius 1 is 1.29 bits per heavy atom. The SMILES string of the molecule is COC(=O)C1CS(=O)CC(c2ccc(S(C)(=O)=O)cc2)N1. The Bertz CT molecular complexity index is 654. The summed E-state index contributed by atoms with van der Waals surface area (Å²) in [6, 6.07) is 5.49. The highest BCUT2D eigenvalue weighted by atomic mass is 32.2. The second-order valence-electron chi connectivity index (χ2n) is 4.91. The molecule has 3 atom stereocenters. The van der Waals surface area contributed by atoms with Crippen LogP contribution in [0.25, 0.3) is 0 Å². The van der Waals surface area contributed by atoms with Crippen LogP contribution in [0.3, 0.4) is 0 Å². The van der Waals surface area contributed by atoms with Crippen LogP contribution >= 0.6 is 0 Å². The summed E-state index contributed by atoms with van der Waals surface area (Å²) in [5.74, 6) is 0.164. The monoisotopic (exact) mass is 331 g/mol. The molecule has 21 heavy (non-hydrogen) atoms. The molecule has 0 aromatic heterocycles. The molecule has 0 amide bonds. The van der Waals surface area contributed by atoms with Crippen molar-refractivity contribution in [3.8, 4) is 0 Å². The molecule has 0 radical (unpaired) electrons. The van der Waals surface area contributed by atoms with Crippen molar-refractivity contribution in [2.75, 3.05) is 24.9 Å². The Kier molecular flexibility index (Phi) is 4.80. The van der Waals surface area contributed by atoms with Crippen LogP contribution in [0, 0.1) is 0 Å². The molecule has 3 unspecified atom stereocenters. The molecule has 1 N–H and O–H groups in total. The van der Waals surface area contributed by atoms with Crippen LogP contribution in [0.4, 0.5) is 0 Å². The van der Waals surface area contributed by atoms with E-state index in [2.05, 4.69) is 10.1 Å². The van der Waals surface area contributed by atoms with Crippen molar-refractivity contribution in [1.29, 1.82) is 0 Å². The maximum Gasteiger partial charge on any atom is 0.323 e. The van der Waals surface area contributed by atoms with E-state index in [1.165, 1.54) is 19.2 Å². The summed E-state index contributed by atoms with van der Waals surface area (Å²) in [6.45, 7) is 0. The highest BCUT2D eigenvalue weighted by Crippen LogP contribution is 2.21. The molecule has 1 aromatic rings. The Hall–Kier alpha value is -1.25. The van der Waals surface area contributed by atoms with E-state index in [0.717, 1.165) is 11.8 Å².